The van der Waals surface area contributed by atoms with E-state index in [2.05, 4.69) is 10.6 Å². The lowest BCUT2D eigenvalue weighted by molar-refractivity contribution is -0.137. The molecule has 0 spiro atoms. The molecule has 2 aromatic carbocycles. The molecule has 0 fully saturated rings. The SMILES string of the molecule is CCc1ccc(C(=O)Nc2ccc(NC(C)=O)cc2C(F)(F)F)cc1. The maximum absolute atomic E-state index is 13.3. The van der Waals surface area contributed by atoms with Gasteiger partial charge in [0.15, 0.2) is 0 Å². The number of hydrogen-bond donors (Lipinski definition) is 2. The molecule has 25 heavy (non-hydrogen) atoms. The van der Waals surface area contributed by atoms with E-state index in [0.717, 1.165) is 24.1 Å². The van der Waals surface area contributed by atoms with E-state index in [0.29, 0.717) is 0 Å². The molecule has 0 heterocycles. The van der Waals surface area contributed by atoms with E-state index < -0.39 is 23.6 Å². The van der Waals surface area contributed by atoms with Gasteiger partial charge in [-0.25, -0.2) is 0 Å². The minimum absolute atomic E-state index is 0.00474. The van der Waals surface area contributed by atoms with E-state index in [1.54, 1.807) is 24.3 Å². The lowest BCUT2D eigenvalue weighted by atomic mass is 10.1. The predicted octanol–water partition coefficient (Wildman–Crippen LogP) is 4.48. The Hall–Kier alpha value is -2.83. The quantitative estimate of drug-likeness (QED) is 0.854. The molecule has 4 nitrogen and oxygen atoms in total. The number of amides is 2. The van der Waals surface area contributed by atoms with Crippen molar-refractivity contribution in [3.63, 3.8) is 0 Å². The molecule has 0 aliphatic rings. The largest absolute Gasteiger partial charge is 0.418 e. The molecule has 2 rings (SSSR count). The van der Waals surface area contributed by atoms with Gasteiger partial charge in [0.25, 0.3) is 5.91 Å². The molecule has 2 aromatic rings. The van der Waals surface area contributed by atoms with E-state index in [1.165, 1.54) is 13.0 Å². The first kappa shape index (κ1) is 18.5. The van der Waals surface area contributed by atoms with Crippen molar-refractivity contribution in [2.24, 2.45) is 0 Å². The van der Waals surface area contributed by atoms with E-state index in [9.17, 15) is 22.8 Å². The molecule has 0 bridgehead atoms. The second-order valence-corrected chi connectivity index (χ2v) is 5.44. The van der Waals surface area contributed by atoms with Crippen LogP contribution in [0.5, 0.6) is 0 Å². The Morgan fingerprint density at radius 3 is 2.16 bits per heavy atom. The molecule has 0 atom stereocenters. The van der Waals surface area contributed by atoms with Crippen molar-refractivity contribution in [1.29, 1.82) is 0 Å². The van der Waals surface area contributed by atoms with Gasteiger partial charge in [-0.2, -0.15) is 13.2 Å². The van der Waals surface area contributed by atoms with Crippen molar-refractivity contribution in [3.05, 3.63) is 59.2 Å². The minimum atomic E-state index is -4.68. The standard InChI is InChI=1S/C18H17F3N2O2/c1-3-12-4-6-13(7-5-12)17(25)23-16-9-8-14(22-11(2)24)10-15(16)18(19,20)21/h4-10H,3H2,1-2H3,(H,22,24)(H,23,25). The lowest BCUT2D eigenvalue weighted by Crippen LogP contribution is -2.17. The van der Waals surface area contributed by atoms with Crippen LogP contribution in [0, 0.1) is 0 Å². The average Bonchev–Trinajstić information content (AvgIpc) is 2.54. The fourth-order valence-electron chi connectivity index (χ4n) is 2.26. The highest BCUT2D eigenvalue weighted by Crippen LogP contribution is 2.36. The highest BCUT2D eigenvalue weighted by Gasteiger charge is 2.34. The number of alkyl halides is 3. The summed E-state index contributed by atoms with van der Waals surface area (Å²) in [7, 11) is 0. The van der Waals surface area contributed by atoms with Gasteiger partial charge in [0.2, 0.25) is 5.91 Å². The van der Waals surface area contributed by atoms with Crippen LogP contribution in [0.25, 0.3) is 0 Å². The van der Waals surface area contributed by atoms with Crippen LogP contribution in [-0.2, 0) is 17.4 Å². The molecule has 7 heteroatoms. The number of rotatable bonds is 4. The van der Waals surface area contributed by atoms with E-state index in [4.69, 9.17) is 0 Å². The first-order chi connectivity index (χ1) is 11.7. The van der Waals surface area contributed by atoms with Crippen molar-refractivity contribution < 1.29 is 22.8 Å². The second kappa shape index (κ2) is 7.38. The minimum Gasteiger partial charge on any atom is -0.326 e. The summed E-state index contributed by atoms with van der Waals surface area (Å²) in [5.74, 6) is -1.12. The van der Waals surface area contributed by atoms with Crippen molar-refractivity contribution >= 4 is 23.2 Å². The Labute approximate surface area is 143 Å². The molecule has 0 saturated carbocycles. The smallest absolute Gasteiger partial charge is 0.326 e. The van der Waals surface area contributed by atoms with Gasteiger partial charge in [-0.05, 0) is 42.3 Å². The van der Waals surface area contributed by atoms with E-state index >= 15 is 0 Å². The van der Waals surface area contributed by atoms with Gasteiger partial charge < -0.3 is 10.6 Å². The Morgan fingerprint density at radius 1 is 1.00 bits per heavy atom. The molecular formula is C18H17F3N2O2. The molecule has 0 aliphatic heterocycles. The number of anilines is 2. The normalized spacial score (nSPS) is 11.1. The molecule has 132 valence electrons. The molecular weight excluding hydrogens is 333 g/mol. The van der Waals surface area contributed by atoms with Gasteiger partial charge in [0, 0.05) is 18.2 Å². The number of aryl methyl sites for hydroxylation is 1. The maximum Gasteiger partial charge on any atom is 0.418 e. The van der Waals surface area contributed by atoms with Gasteiger partial charge in [0.1, 0.15) is 0 Å². The van der Waals surface area contributed by atoms with Gasteiger partial charge >= 0.3 is 6.18 Å². The van der Waals surface area contributed by atoms with Crippen LogP contribution < -0.4 is 10.6 Å². The molecule has 2 amide bonds. The predicted molar refractivity (Wildman–Crippen MR) is 89.5 cm³/mol. The third-order valence-corrected chi connectivity index (χ3v) is 3.52. The fourth-order valence-corrected chi connectivity index (χ4v) is 2.26. The summed E-state index contributed by atoms with van der Waals surface area (Å²) in [5.41, 5.74) is -0.114. The Balaban J connectivity index is 2.30. The maximum atomic E-state index is 13.3. The molecule has 2 N–H and O–H groups in total. The highest BCUT2D eigenvalue weighted by atomic mass is 19.4. The number of carbonyl (C=O) groups is 2. The zero-order valence-electron chi connectivity index (χ0n) is 13.7. The molecule has 0 aliphatic carbocycles. The summed E-state index contributed by atoms with van der Waals surface area (Å²) in [6, 6.07) is 9.83. The number of halogens is 3. The Kier molecular flexibility index (Phi) is 5.46. The van der Waals surface area contributed by atoms with Crippen molar-refractivity contribution in [1.82, 2.24) is 0 Å². The van der Waals surface area contributed by atoms with Gasteiger partial charge in [-0.15, -0.1) is 0 Å². The van der Waals surface area contributed by atoms with E-state index in [1.807, 2.05) is 6.92 Å². The summed E-state index contributed by atoms with van der Waals surface area (Å²) in [6.45, 7) is 3.16. The zero-order chi connectivity index (χ0) is 18.6. The van der Waals surface area contributed by atoms with Crippen LogP contribution in [0.15, 0.2) is 42.5 Å². The van der Waals surface area contributed by atoms with Crippen LogP contribution in [-0.4, -0.2) is 11.8 Å². The number of carbonyl (C=O) groups excluding carboxylic acids is 2. The van der Waals surface area contributed by atoms with Crippen molar-refractivity contribution in [3.8, 4) is 0 Å². The third-order valence-electron chi connectivity index (χ3n) is 3.52. The average molecular weight is 350 g/mol. The van der Waals surface area contributed by atoms with Gasteiger partial charge in [0.05, 0.1) is 11.3 Å². The monoisotopic (exact) mass is 350 g/mol. The molecule has 0 saturated heterocycles. The highest BCUT2D eigenvalue weighted by molar-refractivity contribution is 6.05. The first-order valence-corrected chi connectivity index (χ1v) is 7.60. The van der Waals surface area contributed by atoms with Crippen LogP contribution >= 0.6 is 0 Å². The molecule has 0 radical (unpaired) electrons. The number of hydrogen-bond acceptors (Lipinski definition) is 2. The van der Waals surface area contributed by atoms with Crippen LogP contribution in [0.1, 0.15) is 35.3 Å². The third kappa shape index (κ3) is 4.82. The fraction of sp³-hybridized carbons (Fsp3) is 0.222. The summed E-state index contributed by atoms with van der Waals surface area (Å²) < 4.78 is 39.8. The summed E-state index contributed by atoms with van der Waals surface area (Å²) in [6.07, 6.45) is -3.88. The van der Waals surface area contributed by atoms with Crippen LogP contribution in [0.2, 0.25) is 0 Å². The van der Waals surface area contributed by atoms with Gasteiger partial charge in [-0.3, -0.25) is 9.59 Å². The van der Waals surface area contributed by atoms with Crippen molar-refractivity contribution in [2.45, 2.75) is 26.4 Å². The summed E-state index contributed by atoms with van der Waals surface area (Å²) in [5, 5.41) is 4.57. The number of nitrogens with one attached hydrogen (secondary N) is 2. The number of benzene rings is 2. The second-order valence-electron chi connectivity index (χ2n) is 5.44. The molecule has 0 unspecified atom stereocenters. The molecule has 0 aromatic heterocycles. The topological polar surface area (TPSA) is 58.2 Å². The Morgan fingerprint density at radius 2 is 1.64 bits per heavy atom. The van der Waals surface area contributed by atoms with Crippen molar-refractivity contribution in [2.75, 3.05) is 10.6 Å². The lowest BCUT2D eigenvalue weighted by Gasteiger charge is -2.15. The Bertz CT molecular complexity index is 784. The van der Waals surface area contributed by atoms with Crippen LogP contribution in [0.3, 0.4) is 0 Å². The van der Waals surface area contributed by atoms with Gasteiger partial charge in [-0.1, -0.05) is 19.1 Å². The van der Waals surface area contributed by atoms with E-state index in [-0.39, 0.29) is 16.9 Å². The zero-order valence-corrected chi connectivity index (χ0v) is 13.7. The first-order valence-electron chi connectivity index (χ1n) is 7.60. The van der Waals surface area contributed by atoms with Crippen LogP contribution in [0.4, 0.5) is 24.5 Å². The summed E-state index contributed by atoms with van der Waals surface area (Å²) >= 11 is 0. The summed E-state index contributed by atoms with van der Waals surface area (Å²) in [4.78, 5) is 23.2.